The standard InChI is InChI=1S/C19H12ClNO3S2/c20-17-10-9-16(26-17)19(23)24-11-18(22)21-12-5-1-3-7-14(12)25-15-8-4-2-6-13(15)21/h1-10H,11H2. The van der Waals surface area contributed by atoms with Crippen LogP contribution in [0, 0.1) is 0 Å². The minimum absolute atomic E-state index is 0.304. The van der Waals surface area contributed by atoms with Crippen LogP contribution in [0.4, 0.5) is 11.4 Å². The lowest BCUT2D eigenvalue weighted by Crippen LogP contribution is -2.32. The van der Waals surface area contributed by atoms with Crippen molar-refractivity contribution >= 4 is 58.0 Å². The van der Waals surface area contributed by atoms with Crippen molar-refractivity contribution in [2.45, 2.75) is 9.79 Å². The van der Waals surface area contributed by atoms with E-state index >= 15 is 0 Å². The molecule has 0 aliphatic carbocycles. The third kappa shape index (κ3) is 3.23. The highest BCUT2D eigenvalue weighted by Gasteiger charge is 2.28. The van der Waals surface area contributed by atoms with Gasteiger partial charge in [-0.3, -0.25) is 9.69 Å². The van der Waals surface area contributed by atoms with Crippen LogP contribution >= 0.6 is 34.7 Å². The topological polar surface area (TPSA) is 46.6 Å². The number of hydrogen-bond donors (Lipinski definition) is 0. The SMILES string of the molecule is O=C(OCC(=O)N1c2ccccc2Sc2ccccc21)c1ccc(Cl)s1. The van der Waals surface area contributed by atoms with Gasteiger partial charge in [0.15, 0.2) is 6.61 Å². The summed E-state index contributed by atoms with van der Waals surface area (Å²) in [6.07, 6.45) is 0. The van der Waals surface area contributed by atoms with E-state index in [1.54, 1.807) is 28.8 Å². The van der Waals surface area contributed by atoms with Gasteiger partial charge in [0.25, 0.3) is 5.91 Å². The van der Waals surface area contributed by atoms with Gasteiger partial charge in [-0.15, -0.1) is 11.3 Å². The summed E-state index contributed by atoms with van der Waals surface area (Å²) in [5, 5.41) is 0. The highest BCUT2D eigenvalue weighted by Crippen LogP contribution is 2.47. The fourth-order valence-electron chi connectivity index (χ4n) is 2.66. The number of rotatable bonds is 3. The van der Waals surface area contributed by atoms with Crippen LogP contribution in [0.1, 0.15) is 9.67 Å². The summed E-state index contributed by atoms with van der Waals surface area (Å²) < 4.78 is 5.70. The van der Waals surface area contributed by atoms with Gasteiger partial charge in [-0.1, -0.05) is 47.6 Å². The number of hydrogen-bond acceptors (Lipinski definition) is 5. The number of amides is 1. The predicted molar refractivity (Wildman–Crippen MR) is 104 cm³/mol. The Morgan fingerprint density at radius 2 is 1.54 bits per heavy atom. The molecule has 2 aromatic carbocycles. The fraction of sp³-hybridized carbons (Fsp3) is 0.0526. The molecule has 0 saturated heterocycles. The average Bonchev–Trinajstić information content (AvgIpc) is 3.10. The lowest BCUT2D eigenvalue weighted by molar-refractivity contribution is -0.121. The molecule has 2 heterocycles. The molecule has 0 N–H and O–H groups in total. The number of thiophene rings is 1. The highest BCUT2D eigenvalue weighted by atomic mass is 35.5. The minimum Gasteiger partial charge on any atom is -0.451 e. The summed E-state index contributed by atoms with van der Waals surface area (Å²) in [6, 6.07) is 18.5. The van der Waals surface area contributed by atoms with Gasteiger partial charge in [0.1, 0.15) is 4.88 Å². The molecule has 7 heteroatoms. The Hall–Kier alpha value is -2.28. The molecule has 0 atom stereocenters. The number of halogens is 1. The Labute approximate surface area is 163 Å². The summed E-state index contributed by atoms with van der Waals surface area (Å²) >= 11 is 8.57. The van der Waals surface area contributed by atoms with E-state index in [9.17, 15) is 9.59 Å². The lowest BCUT2D eigenvalue weighted by atomic mass is 10.2. The normalized spacial score (nSPS) is 12.3. The number of nitrogens with zero attached hydrogens (tertiary/aromatic N) is 1. The van der Waals surface area contributed by atoms with Crippen molar-refractivity contribution in [2.24, 2.45) is 0 Å². The molecular weight excluding hydrogens is 390 g/mol. The Balaban J connectivity index is 1.58. The van der Waals surface area contributed by atoms with E-state index in [1.165, 1.54) is 0 Å². The van der Waals surface area contributed by atoms with Crippen LogP contribution in [0.25, 0.3) is 0 Å². The molecule has 4 nitrogen and oxygen atoms in total. The first-order valence-corrected chi connectivity index (χ1v) is 9.76. The van der Waals surface area contributed by atoms with E-state index in [0.29, 0.717) is 9.21 Å². The van der Waals surface area contributed by atoms with Crippen LogP contribution < -0.4 is 4.90 Å². The largest absolute Gasteiger partial charge is 0.451 e. The molecule has 1 aliphatic heterocycles. The molecule has 1 aromatic heterocycles. The van der Waals surface area contributed by atoms with E-state index in [4.69, 9.17) is 16.3 Å². The number of fused-ring (bicyclic) bond motifs is 2. The smallest absolute Gasteiger partial charge is 0.348 e. The number of para-hydroxylation sites is 2. The molecule has 26 heavy (non-hydrogen) atoms. The number of carbonyl (C=O) groups is 2. The second-order valence-electron chi connectivity index (χ2n) is 5.45. The molecule has 0 fully saturated rings. The summed E-state index contributed by atoms with van der Waals surface area (Å²) in [5.41, 5.74) is 1.58. The zero-order valence-corrected chi connectivity index (χ0v) is 15.7. The summed E-state index contributed by atoms with van der Waals surface area (Å²) in [7, 11) is 0. The van der Waals surface area contributed by atoms with Gasteiger partial charge in [0.2, 0.25) is 0 Å². The summed E-state index contributed by atoms with van der Waals surface area (Å²) in [5.74, 6) is -0.857. The van der Waals surface area contributed by atoms with Crippen LogP contribution in [0.3, 0.4) is 0 Å². The Morgan fingerprint density at radius 1 is 0.923 bits per heavy atom. The number of carbonyl (C=O) groups excluding carboxylic acids is 2. The summed E-state index contributed by atoms with van der Waals surface area (Å²) in [6.45, 7) is -0.346. The Kier molecular flexibility index (Phi) is 4.72. The molecule has 0 radical (unpaired) electrons. The zero-order valence-electron chi connectivity index (χ0n) is 13.3. The average molecular weight is 402 g/mol. The zero-order chi connectivity index (χ0) is 18.1. The Bertz CT molecular complexity index is 956. The third-order valence-corrected chi connectivity index (χ3v) is 6.12. The van der Waals surface area contributed by atoms with Crippen molar-refractivity contribution in [2.75, 3.05) is 11.5 Å². The third-order valence-electron chi connectivity index (χ3n) is 3.78. The first-order valence-electron chi connectivity index (χ1n) is 7.75. The first kappa shape index (κ1) is 17.1. The van der Waals surface area contributed by atoms with E-state index in [2.05, 4.69) is 0 Å². The van der Waals surface area contributed by atoms with Crippen LogP contribution in [0.2, 0.25) is 4.34 Å². The van der Waals surface area contributed by atoms with Crippen LogP contribution in [0.15, 0.2) is 70.5 Å². The van der Waals surface area contributed by atoms with Crippen molar-refractivity contribution < 1.29 is 14.3 Å². The molecule has 0 bridgehead atoms. The molecule has 4 rings (SSSR count). The molecule has 1 aliphatic rings. The molecule has 0 spiro atoms. The number of benzene rings is 2. The van der Waals surface area contributed by atoms with Gasteiger partial charge in [0.05, 0.1) is 15.7 Å². The van der Waals surface area contributed by atoms with Crippen molar-refractivity contribution in [3.8, 4) is 0 Å². The number of anilines is 2. The van der Waals surface area contributed by atoms with Crippen molar-refractivity contribution in [3.05, 3.63) is 69.9 Å². The molecule has 1 amide bonds. The molecule has 0 saturated carbocycles. The van der Waals surface area contributed by atoms with Crippen LogP contribution in [-0.2, 0) is 9.53 Å². The minimum atomic E-state index is -0.553. The quantitative estimate of drug-likeness (QED) is 0.552. The van der Waals surface area contributed by atoms with Crippen molar-refractivity contribution in [3.63, 3.8) is 0 Å². The van der Waals surface area contributed by atoms with Gasteiger partial charge in [0, 0.05) is 9.79 Å². The molecule has 3 aromatic rings. The van der Waals surface area contributed by atoms with E-state index < -0.39 is 5.97 Å². The maximum absolute atomic E-state index is 12.9. The maximum Gasteiger partial charge on any atom is 0.348 e. The van der Waals surface area contributed by atoms with Crippen LogP contribution in [0.5, 0.6) is 0 Å². The van der Waals surface area contributed by atoms with Gasteiger partial charge >= 0.3 is 5.97 Å². The van der Waals surface area contributed by atoms with E-state index in [1.807, 2.05) is 48.5 Å². The van der Waals surface area contributed by atoms with Gasteiger partial charge in [-0.25, -0.2) is 4.79 Å². The van der Waals surface area contributed by atoms with Crippen molar-refractivity contribution in [1.82, 2.24) is 0 Å². The van der Waals surface area contributed by atoms with Gasteiger partial charge < -0.3 is 4.74 Å². The van der Waals surface area contributed by atoms with E-state index in [-0.39, 0.29) is 12.5 Å². The van der Waals surface area contributed by atoms with Gasteiger partial charge in [-0.2, -0.15) is 0 Å². The maximum atomic E-state index is 12.9. The predicted octanol–water partition coefficient (Wildman–Crippen LogP) is 5.39. The van der Waals surface area contributed by atoms with E-state index in [0.717, 1.165) is 32.5 Å². The Morgan fingerprint density at radius 3 is 2.12 bits per heavy atom. The van der Waals surface area contributed by atoms with Gasteiger partial charge in [-0.05, 0) is 36.4 Å². The highest BCUT2D eigenvalue weighted by molar-refractivity contribution is 7.99. The summed E-state index contributed by atoms with van der Waals surface area (Å²) in [4.78, 5) is 28.9. The van der Waals surface area contributed by atoms with Crippen molar-refractivity contribution in [1.29, 1.82) is 0 Å². The second kappa shape index (κ2) is 7.15. The fourth-order valence-corrected chi connectivity index (χ4v) is 4.66. The molecule has 0 unspecified atom stereocenters. The first-order chi connectivity index (χ1) is 12.6. The monoisotopic (exact) mass is 401 g/mol. The lowest BCUT2D eigenvalue weighted by Gasteiger charge is -2.30. The number of ether oxygens (including phenoxy) is 1. The molecular formula is C19H12ClNO3S2. The number of esters is 1. The second-order valence-corrected chi connectivity index (χ2v) is 8.25. The van der Waals surface area contributed by atoms with Crippen LogP contribution in [-0.4, -0.2) is 18.5 Å². The molecule has 130 valence electrons.